The van der Waals surface area contributed by atoms with Crippen molar-refractivity contribution < 1.29 is 4.79 Å². The minimum atomic E-state index is -0.0818. The van der Waals surface area contributed by atoms with E-state index in [2.05, 4.69) is 23.8 Å². The molecule has 3 aromatic rings. The summed E-state index contributed by atoms with van der Waals surface area (Å²) < 4.78 is 2.77. The van der Waals surface area contributed by atoms with E-state index in [1.54, 1.807) is 9.58 Å². The number of carbonyl (C=O) groups excluding carboxylic acids is 1. The molecule has 1 aromatic carbocycles. The number of benzene rings is 1. The average Bonchev–Trinajstić information content (AvgIpc) is 3.29. The quantitative estimate of drug-likeness (QED) is 0.500. The fraction of sp³-hybridized carbons (Fsp3) is 0.476. The minimum absolute atomic E-state index is 0.0818. The zero-order chi connectivity index (χ0) is 21.1. The maximum Gasteiger partial charge on any atom is 0.278 e. The molecule has 8 heteroatoms. The second kappa shape index (κ2) is 9.24. The third-order valence-corrected chi connectivity index (χ3v) is 6.28. The van der Waals surface area contributed by atoms with Crippen LogP contribution < -0.4 is 4.90 Å². The predicted octanol–water partition coefficient (Wildman–Crippen LogP) is 5.02. The fourth-order valence-corrected chi connectivity index (χ4v) is 4.58. The Hall–Kier alpha value is -1.96. The molecule has 6 nitrogen and oxygen atoms in total. The van der Waals surface area contributed by atoms with E-state index in [1.165, 1.54) is 11.3 Å². The summed E-state index contributed by atoms with van der Waals surface area (Å²) in [5.74, 6) is -0.0818. The normalized spacial score (nSPS) is 11.7. The van der Waals surface area contributed by atoms with E-state index in [0.717, 1.165) is 35.5 Å². The van der Waals surface area contributed by atoms with E-state index in [1.807, 2.05) is 45.0 Å². The lowest BCUT2D eigenvalue weighted by atomic mass is 10.3. The molecule has 3 rings (SSSR count). The highest BCUT2D eigenvalue weighted by Gasteiger charge is 2.26. The number of rotatable bonds is 8. The molecule has 2 heterocycles. The van der Waals surface area contributed by atoms with Crippen LogP contribution in [0.4, 0.5) is 5.13 Å². The van der Waals surface area contributed by atoms with Gasteiger partial charge in [0.05, 0.1) is 15.4 Å². The van der Waals surface area contributed by atoms with Crippen molar-refractivity contribution in [2.24, 2.45) is 0 Å². The largest absolute Gasteiger partial charge is 0.302 e. The number of halogens is 1. The van der Waals surface area contributed by atoms with Crippen molar-refractivity contribution in [2.45, 2.75) is 40.7 Å². The highest BCUT2D eigenvalue weighted by Crippen LogP contribution is 2.33. The molecule has 0 radical (unpaired) electrons. The number of para-hydroxylation sites is 1. The molecule has 29 heavy (non-hydrogen) atoms. The Morgan fingerprint density at radius 1 is 1.24 bits per heavy atom. The van der Waals surface area contributed by atoms with E-state index >= 15 is 0 Å². The van der Waals surface area contributed by atoms with Crippen molar-refractivity contribution in [3.63, 3.8) is 0 Å². The Bertz CT molecular complexity index is 992. The Morgan fingerprint density at radius 3 is 2.59 bits per heavy atom. The molecular formula is C21H28ClN5OS. The Kier molecular flexibility index (Phi) is 6.93. The van der Waals surface area contributed by atoms with Gasteiger partial charge in [-0.15, -0.1) is 0 Å². The topological polar surface area (TPSA) is 54.3 Å². The molecule has 1 amide bonds. The van der Waals surface area contributed by atoms with Gasteiger partial charge in [-0.05, 0) is 52.1 Å². The molecule has 0 atom stereocenters. The molecule has 0 saturated carbocycles. The van der Waals surface area contributed by atoms with Crippen molar-refractivity contribution in [1.29, 1.82) is 0 Å². The number of likely N-dealkylation sites (N-methyl/N-ethyl adjacent to an activating group) is 1. The van der Waals surface area contributed by atoms with Crippen LogP contribution >= 0.6 is 22.9 Å². The van der Waals surface area contributed by atoms with Crippen LogP contribution in [0.5, 0.6) is 0 Å². The maximum absolute atomic E-state index is 13.6. The highest BCUT2D eigenvalue weighted by atomic mass is 35.5. The first-order valence-electron chi connectivity index (χ1n) is 10.0. The van der Waals surface area contributed by atoms with Crippen LogP contribution in [0.25, 0.3) is 10.2 Å². The lowest BCUT2D eigenvalue weighted by Crippen LogP contribution is -2.39. The summed E-state index contributed by atoms with van der Waals surface area (Å²) in [4.78, 5) is 22.4. The van der Waals surface area contributed by atoms with Crippen LogP contribution in [0.15, 0.2) is 24.3 Å². The number of hydrogen-bond acceptors (Lipinski definition) is 5. The van der Waals surface area contributed by atoms with Crippen LogP contribution in [0.3, 0.4) is 0 Å². The summed E-state index contributed by atoms with van der Waals surface area (Å²) in [6, 6.07) is 7.67. The Labute approximate surface area is 181 Å². The minimum Gasteiger partial charge on any atom is -0.302 e. The number of nitrogens with zero attached hydrogens (tertiary/aromatic N) is 5. The fourth-order valence-electron chi connectivity index (χ4n) is 3.29. The smallest absolute Gasteiger partial charge is 0.278 e. The summed E-state index contributed by atoms with van der Waals surface area (Å²) >= 11 is 7.82. The molecule has 0 unspecified atom stereocenters. The molecule has 0 aliphatic heterocycles. The van der Waals surface area contributed by atoms with Gasteiger partial charge < -0.3 is 4.90 Å². The van der Waals surface area contributed by atoms with Crippen molar-refractivity contribution in [3.8, 4) is 0 Å². The molecule has 0 fully saturated rings. The number of thiazole rings is 1. The van der Waals surface area contributed by atoms with Gasteiger partial charge in [0, 0.05) is 19.1 Å². The number of fused-ring (bicyclic) bond motifs is 1. The molecule has 0 aliphatic rings. The second-order valence-corrected chi connectivity index (χ2v) is 8.69. The number of amides is 1. The molecule has 0 spiro atoms. The molecular weight excluding hydrogens is 406 g/mol. The molecule has 156 valence electrons. The van der Waals surface area contributed by atoms with Crippen molar-refractivity contribution in [3.05, 3.63) is 40.7 Å². The number of hydrogen-bond donors (Lipinski definition) is 0. The van der Waals surface area contributed by atoms with E-state index in [4.69, 9.17) is 16.6 Å². The highest BCUT2D eigenvalue weighted by molar-refractivity contribution is 7.22. The zero-order valence-electron chi connectivity index (χ0n) is 17.6. The monoisotopic (exact) mass is 433 g/mol. The lowest BCUT2D eigenvalue weighted by Gasteiger charge is -2.25. The number of aromatic nitrogens is 3. The number of aryl methyl sites for hydroxylation is 1. The summed E-state index contributed by atoms with van der Waals surface area (Å²) in [6.07, 6.45) is 0. The summed E-state index contributed by atoms with van der Waals surface area (Å²) in [5, 5.41) is 5.78. The van der Waals surface area contributed by atoms with Crippen LogP contribution in [0.2, 0.25) is 5.02 Å². The van der Waals surface area contributed by atoms with Gasteiger partial charge in [-0.25, -0.2) is 4.98 Å². The Balaban J connectivity index is 2.02. The lowest BCUT2D eigenvalue weighted by molar-refractivity contribution is 0.0971. The number of anilines is 1. The van der Waals surface area contributed by atoms with E-state index in [9.17, 15) is 4.79 Å². The molecule has 0 saturated heterocycles. The third kappa shape index (κ3) is 4.63. The standard InChI is InChI=1S/C21H28ClN5OS/c1-6-25(7-2)11-12-26(20(28)17-13-15(5)24-27(17)14(3)4)21-23-19-16(22)9-8-10-18(19)29-21/h8-10,13-14H,6-7,11-12H2,1-5H3. The summed E-state index contributed by atoms with van der Waals surface area (Å²) in [5.41, 5.74) is 2.16. The summed E-state index contributed by atoms with van der Waals surface area (Å²) in [7, 11) is 0. The predicted molar refractivity (Wildman–Crippen MR) is 121 cm³/mol. The Morgan fingerprint density at radius 2 is 1.97 bits per heavy atom. The third-order valence-electron chi connectivity index (χ3n) is 4.93. The van der Waals surface area contributed by atoms with Gasteiger partial charge in [0.15, 0.2) is 5.13 Å². The van der Waals surface area contributed by atoms with Gasteiger partial charge in [0.2, 0.25) is 0 Å². The first kappa shape index (κ1) is 21.7. The van der Waals surface area contributed by atoms with Gasteiger partial charge in [0.25, 0.3) is 5.91 Å². The molecule has 2 aromatic heterocycles. The van der Waals surface area contributed by atoms with Gasteiger partial charge in [-0.2, -0.15) is 5.10 Å². The van der Waals surface area contributed by atoms with Crippen LogP contribution in [-0.2, 0) is 0 Å². The van der Waals surface area contributed by atoms with Gasteiger partial charge in [-0.1, -0.05) is 42.9 Å². The van der Waals surface area contributed by atoms with Gasteiger partial charge in [-0.3, -0.25) is 14.4 Å². The molecule has 0 N–H and O–H groups in total. The zero-order valence-corrected chi connectivity index (χ0v) is 19.2. The van der Waals surface area contributed by atoms with Crippen LogP contribution in [0, 0.1) is 6.92 Å². The van der Waals surface area contributed by atoms with E-state index in [-0.39, 0.29) is 11.9 Å². The first-order chi connectivity index (χ1) is 13.8. The van der Waals surface area contributed by atoms with Gasteiger partial charge >= 0.3 is 0 Å². The van der Waals surface area contributed by atoms with Crippen LogP contribution in [-0.4, -0.2) is 51.8 Å². The van der Waals surface area contributed by atoms with E-state index in [0.29, 0.717) is 22.4 Å². The van der Waals surface area contributed by atoms with Crippen molar-refractivity contribution in [2.75, 3.05) is 31.1 Å². The van der Waals surface area contributed by atoms with Gasteiger partial charge in [0.1, 0.15) is 11.2 Å². The summed E-state index contributed by atoms with van der Waals surface area (Å²) in [6.45, 7) is 13.4. The second-order valence-electron chi connectivity index (χ2n) is 7.28. The maximum atomic E-state index is 13.6. The van der Waals surface area contributed by atoms with Crippen molar-refractivity contribution >= 4 is 44.2 Å². The average molecular weight is 434 g/mol. The number of carbonyl (C=O) groups is 1. The molecule has 0 bridgehead atoms. The molecule has 0 aliphatic carbocycles. The first-order valence-corrected chi connectivity index (χ1v) is 11.2. The van der Waals surface area contributed by atoms with Crippen molar-refractivity contribution in [1.82, 2.24) is 19.7 Å². The van der Waals surface area contributed by atoms with E-state index < -0.39 is 0 Å². The van der Waals surface area contributed by atoms with Crippen LogP contribution in [0.1, 0.15) is 49.9 Å². The SMILES string of the molecule is CCN(CC)CCN(C(=O)c1cc(C)nn1C(C)C)c1nc2c(Cl)cccc2s1.